The molecule has 9 heteroatoms. The first-order valence-electron chi connectivity index (χ1n) is 10.4. The number of anilines is 1. The van der Waals surface area contributed by atoms with E-state index in [0.717, 1.165) is 28.2 Å². The molecule has 1 aliphatic rings. The largest absolute Gasteiger partial charge is 0.335 e. The van der Waals surface area contributed by atoms with Crippen molar-refractivity contribution in [2.24, 2.45) is 7.05 Å². The molecule has 1 aromatic carbocycles. The van der Waals surface area contributed by atoms with Crippen LogP contribution in [0.15, 0.2) is 42.0 Å². The van der Waals surface area contributed by atoms with Gasteiger partial charge in [-0.2, -0.15) is 5.10 Å². The Balaban J connectivity index is 1.29. The number of thiazole rings is 1. The maximum atomic E-state index is 12.8. The van der Waals surface area contributed by atoms with Crippen LogP contribution in [0.4, 0.5) is 5.69 Å². The summed E-state index contributed by atoms with van der Waals surface area (Å²) in [6, 6.07) is 7.86. The standard InChI is InChI=1S/C22H26N6O2S/c1-3-16-6-4-5-7-18(16)24-20(29)14-27-8-10-28(11-9-27)22(30)19-15-31-21(25-19)17-12-23-26(2)13-17/h4-7,12-13,15H,3,8-11,14H2,1-2H3,(H,24,29). The molecule has 2 aromatic heterocycles. The number of piperazine rings is 1. The Hall–Kier alpha value is -3.04. The highest BCUT2D eigenvalue weighted by Crippen LogP contribution is 2.24. The summed E-state index contributed by atoms with van der Waals surface area (Å²) in [6.45, 7) is 4.88. The highest BCUT2D eigenvalue weighted by Gasteiger charge is 2.25. The van der Waals surface area contributed by atoms with E-state index in [4.69, 9.17) is 0 Å². The van der Waals surface area contributed by atoms with Crippen LogP contribution in [-0.2, 0) is 18.3 Å². The van der Waals surface area contributed by atoms with Gasteiger partial charge in [0.1, 0.15) is 10.7 Å². The predicted molar refractivity (Wildman–Crippen MR) is 121 cm³/mol. The van der Waals surface area contributed by atoms with E-state index in [9.17, 15) is 9.59 Å². The number of benzene rings is 1. The van der Waals surface area contributed by atoms with Gasteiger partial charge in [-0.25, -0.2) is 4.98 Å². The fourth-order valence-electron chi connectivity index (χ4n) is 3.65. The molecule has 2 amide bonds. The van der Waals surface area contributed by atoms with E-state index in [2.05, 4.69) is 27.2 Å². The normalized spacial score (nSPS) is 14.6. The molecule has 3 aromatic rings. The third kappa shape index (κ3) is 5.00. The third-order valence-corrected chi connectivity index (χ3v) is 6.27. The van der Waals surface area contributed by atoms with Crippen LogP contribution in [0.5, 0.6) is 0 Å². The van der Waals surface area contributed by atoms with Crippen molar-refractivity contribution in [1.29, 1.82) is 0 Å². The molecule has 4 rings (SSSR count). The maximum absolute atomic E-state index is 12.8. The van der Waals surface area contributed by atoms with Gasteiger partial charge >= 0.3 is 0 Å². The highest BCUT2D eigenvalue weighted by molar-refractivity contribution is 7.13. The number of carbonyl (C=O) groups excluding carboxylic acids is 2. The van der Waals surface area contributed by atoms with Crippen molar-refractivity contribution >= 4 is 28.8 Å². The molecule has 0 atom stereocenters. The summed E-state index contributed by atoms with van der Waals surface area (Å²) in [6.07, 6.45) is 4.50. The molecular weight excluding hydrogens is 412 g/mol. The van der Waals surface area contributed by atoms with Gasteiger partial charge in [0, 0.05) is 56.1 Å². The minimum absolute atomic E-state index is 0.0266. The lowest BCUT2D eigenvalue weighted by Gasteiger charge is -2.34. The van der Waals surface area contributed by atoms with Gasteiger partial charge in [0.2, 0.25) is 5.91 Å². The van der Waals surface area contributed by atoms with Crippen LogP contribution >= 0.6 is 11.3 Å². The van der Waals surface area contributed by atoms with Crippen LogP contribution in [-0.4, -0.2) is 69.1 Å². The van der Waals surface area contributed by atoms with Crippen molar-refractivity contribution in [3.63, 3.8) is 0 Å². The van der Waals surface area contributed by atoms with Gasteiger partial charge in [-0.05, 0) is 18.1 Å². The fourth-order valence-corrected chi connectivity index (χ4v) is 4.42. The summed E-state index contributed by atoms with van der Waals surface area (Å²) < 4.78 is 1.72. The predicted octanol–water partition coefficient (Wildman–Crippen LogP) is 2.50. The van der Waals surface area contributed by atoms with Crippen LogP contribution in [0.1, 0.15) is 23.0 Å². The number of amides is 2. The molecule has 0 unspecified atom stereocenters. The molecule has 0 radical (unpaired) electrons. The molecule has 3 heterocycles. The number of hydrogen-bond acceptors (Lipinski definition) is 6. The van der Waals surface area contributed by atoms with Crippen molar-refractivity contribution in [3.05, 3.63) is 53.3 Å². The van der Waals surface area contributed by atoms with E-state index >= 15 is 0 Å². The van der Waals surface area contributed by atoms with E-state index in [0.29, 0.717) is 38.4 Å². The Labute approximate surface area is 185 Å². The first-order chi connectivity index (χ1) is 15.0. The molecule has 1 fully saturated rings. The third-order valence-electron chi connectivity index (χ3n) is 5.37. The Kier molecular flexibility index (Phi) is 6.43. The number of hydrogen-bond donors (Lipinski definition) is 1. The number of para-hydroxylation sites is 1. The lowest BCUT2D eigenvalue weighted by molar-refractivity contribution is -0.117. The molecule has 1 saturated heterocycles. The Morgan fingerprint density at radius 1 is 1.16 bits per heavy atom. The Morgan fingerprint density at radius 2 is 1.94 bits per heavy atom. The van der Waals surface area contributed by atoms with Crippen LogP contribution in [0.3, 0.4) is 0 Å². The topological polar surface area (TPSA) is 83.4 Å². The molecule has 162 valence electrons. The monoisotopic (exact) mass is 438 g/mol. The van der Waals surface area contributed by atoms with Gasteiger partial charge in [0.25, 0.3) is 5.91 Å². The summed E-state index contributed by atoms with van der Waals surface area (Å²) in [7, 11) is 1.85. The SMILES string of the molecule is CCc1ccccc1NC(=O)CN1CCN(C(=O)c2csc(-c3cnn(C)c3)n2)CC1. The summed E-state index contributed by atoms with van der Waals surface area (Å²) in [5, 5.41) is 9.76. The zero-order chi connectivity index (χ0) is 21.8. The minimum Gasteiger partial charge on any atom is -0.335 e. The maximum Gasteiger partial charge on any atom is 0.273 e. The Bertz CT molecular complexity index is 1070. The molecule has 31 heavy (non-hydrogen) atoms. The van der Waals surface area contributed by atoms with Gasteiger partial charge in [-0.15, -0.1) is 11.3 Å². The van der Waals surface area contributed by atoms with Gasteiger partial charge in [0.05, 0.1) is 12.7 Å². The molecular formula is C22H26N6O2S. The summed E-state index contributed by atoms with van der Waals surface area (Å²) >= 11 is 1.45. The van der Waals surface area contributed by atoms with E-state index in [1.54, 1.807) is 16.3 Å². The van der Waals surface area contributed by atoms with Crippen LogP contribution in [0, 0.1) is 0 Å². The lowest BCUT2D eigenvalue weighted by Crippen LogP contribution is -2.50. The number of rotatable bonds is 6. The van der Waals surface area contributed by atoms with Gasteiger partial charge in [-0.1, -0.05) is 25.1 Å². The number of aryl methyl sites for hydroxylation is 2. The smallest absolute Gasteiger partial charge is 0.273 e. The first kappa shape index (κ1) is 21.2. The zero-order valence-electron chi connectivity index (χ0n) is 17.7. The van der Waals surface area contributed by atoms with Crippen molar-refractivity contribution in [3.8, 4) is 10.6 Å². The van der Waals surface area contributed by atoms with Crippen LogP contribution in [0.2, 0.25) is 0 Å². The zero-order valence-corrected chi connectivity index (χ0v) is 18.6. The number of nitrogens with zero attached hydrogens (tertiary/aromatic N) is 5. The van der Waals surface area contributed by atoms with E-state index in [1.165, 1.54) is 11.3 Å². The van der Waals surface area contributed by atoms with E-state index < -0.39 is 0 Å². The molecule has 0 saturated carbocycles. The number of nitrogens with one attached hydrogen (secondary N) is 1. The second-order valence-electron chi connectivity index (χ2n) is 7.57. The van der Waals surface area contributed by atoms with Crippen molar-refractivity contribution < 1.29 is 9.59 Å². The van der Waals surface area contributed by atoms with Gasteiger partial charge < -0.3 is 10.2 Å². The van der Waals surface area contributed by atoms with Crippen LogP contribution in [0.25, 0.3) is 10.6 Å². The van der Waals surface area contributed by atoms with E-state index in [-0.39, 0.29) is 11.8 Å². The Morgan fingerprint density at radius 3 is 2.65 bits per heavy atom. The lowest BCUT2D eigenvalue weighted by atomic mass is 10.1. The molecule has 1 aliphatic heterocycles. The number of aromatic nitrogens is 3. The minimum atomic E-state index is -0.0626. The van der Waals surface area contributed by atoms with Crippen LogP contribution < -0.4 is 5.32 Å². The second-order valence-corrected chi connectivity index (χ2v) is 8.43. The molecule has 0 aliphatic carbocycles. The van der Waals surface area contributed by atoms with Gasteiger partial charge in [-0.3, -0.25) is 19.2 Å². The van der Waals surface area contributed by atoms with E-state index in [1.807, 2.05) is 42.4 Å². The quantitative estimate of drug-likeness (QED) is 0.639. The summed E-state index contributed by atoms with van der Waals surface area (Å²) in [5.74, 6) is -0.0892. The fraction of sp³-hybridized carbons (Fsp3) is 0.364. The molecule has 0 spiro atoms. The van der Waals surface area contributed by atoms with Crippen molar-refractivity contribution in [2.45, 2.75) is 13.3 Å². The van der Waals surface area contributed by atoms with Gasteiger partial charge in [0.15, 0.2) is 0 Å². The van der Waals surface area contributed by atoms with Crippen molar-refractivity contribution in [2.75, 3.05) is 38.0 Å². The molecule has 0 bridgehead atoms. The average Bonchev–Trinajstić information content (AvgIpc) is 3.43. The average molecular weight is 439 g/mol. The first-order valence-corrected chi connectivity index (χ1v) is 11.3. The van der Waals surface area contributed by atoms with Crippen molar-refractivity contribution in [1.82, 2.24) is 24.6 Å². The molecule has 8 nitrogen and oxygen atoms in total. The summed E-state index contributed by atoms with van der Waals surface area (Å²) in [4.78, 5) is 33.7. The summed E-state index contributed by atoms with van der Waals surface area (Å²) in [5.41, 5.74) is 3.37. The highest BCUT2D eigenvalue weighted by atomic mass is 32.1. The molecule has 1 N–H and O–H groups in total. The number of carbonyl (C=O) groups is 2. The second kappa shape index (κ2) is 9.40.